The van der Waals surface area contributed by atoms with Crippen molar-refractivity contribution in [1.82, 2.24) is 0 Å². The Kier molecular flexibility index (Phi) is 4.43. The lowest BCUT2D eigenvalue weighted by atomic mass is 9.93. The molecule has 1 fully saturated rings. The minimum atomic E-state index is 0.800. The van der Waals surface area contributed by atoms with Crippen molar-refractivity contribution >= 4 is 0 Å². The van der Waals surface area contributed by atoms with Crippen molar-refractivity contribution in [2.45, 2.75) is 51.9 Å². The monoisotopic (exact) mass is 278 g/mol. The molecule has 110 valence electrons. The molecule has 2 aromatic carbocycles. The lowest BCUT2D eigenvalue weighted by molar-refractivity contribution is 0.496. The zero-order chi connectivity index (χ0) is 14.7. The van der Waals surface area contributed by atoms with Gasteiger partial charge < -0.3 is 0 Å². The molecule has 0 bridgehead atoms. The van der Waals surface area contributed by atoms with Gasteiger partial charge in [-0.05, 0) is 68.9 Å². The second-order valence-corrected chi connectivity index (χ2v) is 6.81. The second-order valence-electron chi connectivity index (χ2n) is 6.81. The van der Waals surface area contributed by atoms with Crippen LogP contribution in [-0.2, 0) is 6.42 Å². The van der Waals surface area contributed by atoms with Crippen molar-refractivity contribution in [3.8, 4) is 0 Å². The third-order valence-electron chi connectivity index (χ3n) is 5.05. The van der Waals surface area contributed by atoms with Gasteiger partial charge in [-0.25, -0.2) is 0 Å². The van der Waals surface area contributed by atoms with Crippen LogP contribution in [0.15, 0.2) is 48.5 Å². The number of rotatable bonds is 4. The third-order valence-corrected chi connectivity index (χ3v) is 5.05. The van der Waals surface area contributed by atoms with Crippen molar-refractivity contribution in [2.24, 2.45) is 5.92 Å². The van der Waals surface area contributed by atoms with E-state index >= 15 is 0 Å². The van der Waals surface area contributed by atoms with E-state index in [9.17, 15) is 0 Å². The fourth-order valence-electron chi connectivity index (χ4n) is 3.60. The Hall–Kier alpha value is -1.56. The van der Waals surface area contributed by atoms with Gasteiger partial charge in [-0.2, -0.15) is 0 Å². The summed E-state index contributed by atoms with van der Waals surface area (Å²) in [5.74, 6) is 1.71. The molecule has 2 atom stereocenters. The van der Waals surface area contributed by atoms with E-state index in [4.69, 9.17) is 0 Å². The summed E-state index contributed by atoms with van der Waals surface area (Å²) in [5, 5.41) is 0. The summed E-state index contributed by atoms with van der Waals surface area (Å²) in [6.07, 6.45) is 6.76. The fraction of sp³-hybridized carbons (Fsp3) is 0.429. The van der Waals surface area contributed by atoms with Gasteiger partial charge in [0.15, 0.2) is 0 Å². The highest BCUT2D eigenvalue weighted by Crippen LogP contribution is 2.40. The Morgan fingerprint density at radius 1 is 0.810 bits per heavy atom. The van der Waals surface area contributed by atoms with Gasteiger partial charge in [0.1, 0.15) is 0 Å². The number of hydrogen-bond acceptors (Lipinski definition) is 0. The molecular formula is C21H26. The highest BCUT2D eigenvalue weighted by molar-refractivity contribution is 5.25. The van der Waals surface area contributed by atoms with Crippen molar-refractivity contribution in [1.29, 1.82) is 0 Å². The minimum absolute atomic E-state index is 0.800. The van der Waals surface area contributed by atoms with Crippen LogP contribution >= 0.6 is 0 Å². The first-order chi connectivity index (χ1) is 10.2. The maximum Gasteiger partial charge on any atom is -0.0159 e. The summed E-state index contributed by atoms with van der Waals surface area (Å²) in [5.41, 5.74) is 5.78. The zero-order valence-corrected chi connectivity index (χ0v) is 13.3. The van der Waals surface area contributed by atoms with Gasteiger partial charge in [0, 0.05) is 0 Å². The highest BCUT2D eigenvalue weighted by atomic mass is 14.3. The predicted octanol–water partition coefficient (Wildman–Crippen LogP) is 5.82. The minimum Gasteiger partial charge on any atom is -0.0591 e. The van der Waals surface area contributed by atoms with Crippen molar-refractivity contribution in [3.05, 3.63) is 70.8 Å². The molecule has 1 aliphatic rings. The fourth-order valence-corrected chi connectivity index (χ4v) is 3.60. The molecule has 0 aliphatic heterocycles. The van der Waals surface area contributed by atoms with Gasteiger partial charge in [-0.3, -0.25) is 0 Å². The van der Waals surface area contributed by atoms with Crippen LogP contribution in [0.4, 0.5) is 0 Å². The van der Waals surface area contributed by atoms with E-state index in [1.54, 1.807) is 5.56 Å². The SMILES string of the molecule is Cc1ccc(CCC2CCC(c3ccc(C)cc3)C2)cc1. The molecule has 1 saturated carbocycles. The summed E-state index contributed by atoms with van der Waals surface area (Å²) >= 11 is 0. The topological polar surface area (TPSA) is 0 Å². The van der Waals surface area contributed by atoms with Gasteiger partial charge in [0.05, 0.1) is 0 Å². The van der Waals surface area contributed by atoms with Crippen LogP contribution in [0.5, 0.6) is 0 Å². The van der Waals surface area contributed by atoms with Crippen LogP contribution in [-0.4, -0.2) is 0 Å². The third kappa shape index (κ3) is 3.75. The molecule has 0 saturated heterocycles. The van der Waals surface area contributed by atoms with Gasteiger partial charge in [0.25, 0.3) is 0 Å². The lowest BCUT2D eigenvalue weighted by Gasteiger charge is -2.12. The largest absolute Gasteiger partial charge is 0.0591 e. The first kappa shape index (κ1) is 14.4. The standard InChI is InChI=1S/C21H26/c1-16-3-7-18(8-4-16)9-10-19-11-14-21(15-19)20-12-5-17(2)6-13-20/h3-8,12-13,19,21H,9-11,14-15H2,1-2H3. The normalized spacial score (nSPS) is 21.6. The van der Waals surface area contributed by atoms with Crippen molar-refractivity contribution in [3.63, 3.8) is 0 Å². The maximum atomic E-state index is 2.34. The quantitative estimate of drug-likeness (QED) is 0.661. The van der Waals surface area contributed by atoms with E-state index in [1.165, 1.54) is 48.8 Å². The molecule has 2 unspecified atom stereocenters. The van der Waals surface area contributed by atoms with Gasteiger partial charge in [-0.1, -0.05) is 59.7 Å². The second kappa shape index (κ2) is 6.47. The van der Waals surface area contributed by atoms with Crippen molar-refractivity contribution < 1.29 is 0 Å². The first-order valence-corrected chi connectivity index (χ1v) is 8.33. The van der Waals surface area contributed by atoms with E-state index in [0.29, 0.717) is 0 Å². The van der Waals surface area contributed by atoms with Crippen LogP contribution in [0.1, 0.15) is 53.9 Å². The average molecular weight is 278 g/mol. The molecule has 0 amide bonds. The van der Waals surface area contributed by atoms with E-state index in [-0.39, 0.29) is 0 Å². The Balaban J connectivity index is 1.52. The molecule has 0 heteroatoms. The molecule has 3 rings (SSSR count). The van der Waals surface area contributed by atoms with Crippen LogP contribution < -0.4 is 0 Å². The Morgan fingerprint density at radius 3 is 2.10 bits per heavy atom. The highest BCUT2D eigenvalue weighted by Gasteiger charge is 2.25. The summed E-state index contributed by atoms with van der Waals surface area (Å²) in [6.45, 7) is 4.33. The molecule has 1 aliphatic carbocycles. The molecule has 21 heavy (non-hydrogen) atoms. The molecular weight excluding hydrogens is 252 g/mol. The predicted molar refractivity (Wildman–Crippen MR) is 90.8 cm³/mol. The van der Waals surface area contributed by atoms with Crippen LogP contribution in [0.2, 0.25) is 0 Å². The van der Waals surface area contributed by atoms with E-state index in [1.807, 2.05) is 0 Å². The summed E-state index contributed by atoms with van der Waals surface area (Å²) in [4.78, 5) is 0. The Bertz CT molecular complexity index is 562. The number of hydrogen-bond donors (Lipinski definition) is 0. The van der Waals surface area contributed by atoms with Crippen LogP contribution in [0, 0.1) is 19.8 Å². The van der Waals surface area contributed by atoms with Crippen molar-refractivity contribution in [2.75, 3.05) is 0 Å². The Labute approximate surface area is 129 Å². The van der Waals surface area contributed by atoms with E-state index < -0.39 is 0 Å². The summed E-state index contributed by atoms with van der Waals surface area (Å²) in [6, 6.07) is 18.2. The molecule has 0 aromatic heterocycles. The van der Waals surface area contributed by atoms with Crippen LogP contribution in [0.25, 0.3) is 0 Å². The van der Waals surface area contributed by atoms with Gasteiger partial charge in [-0.15, -0.1) is 0 Å². The summed E-state index contributed by atoms with van der Waals surface area (Å²) in [7, 11) is 0. The molecule has 0 N–H and O–H groups in total. The molecule has 0 radical (unpaired) electrons. The van der Waals surface area contributed by atoms with Crippen LogP contribution in [0.3, 0.4) is 0 Å². The molecule has 2 aromatic rings. The first-order valence-electron chi connectivity index (χ1n) is 8.33. The average Bonchev–Trinajstić information content (AvgIpc) is 2.96. The Morgan fingerprint density at radius 2 is 1.43 bits per heavy atom. The molecule has 0 spiro atoms. The van der Waals surface area contributed by atoms with Gasteiger partial charge >= 0.3 is 0 Å². The lowest BCUT2D eigenvalue weighted by Crippen LogP contribution is -1.98. The zero-order valence-electron chi connectivity index (χ0n) is 13.3. The van der Waals surface area contributed by atoms with E-state index in [2.05, 4.69) is 62.4 Å². The molecule has 0 heterocycles. The maximum absolute atomic E-state index is 2.34. The van der Waals surface area contributed by atoms with Gasteiger partial charge in [0.2, 0.25) is 0 Å². The number of benzene rings is 2. The van der Waals surface area contributed by atoms with E-state index in [0.717, 1.165) is 11.8 Å². The smallest absolute Gasteiger partial charge is 0.0159 e. The molecule has 0 nitrogen and oxygen atoms in total. The summed E-state index contributed by atoms with van der Waals surface area (Å²) < 4.78 is 0. The number of aryl methyl sites for hydroxylation is 3.